The molecule has 0 spiro atoms. The molecule has 0 aliphatic heterocycles. The first-order chi connectivity index (χ1) is 8.33. The second-order valence-electron chi connectivity index (χ2n) is 6.11. The summed E-state index contributed by atoms with van der Waals surface area (Å²) < 4.78 is 0. The molecule has 0 unspecified atom stereocenters. The maximum absolute atomic E-state index is 4.70. The van der Waals surface area contributed by atoms with Crippen LogP contribution in [0.1, 0.15) is 39.0 Å². The Morgan fingerprint density at radius 2 is 1.94 bits per heavy atom. The highest BCUT2D eigenvalue weighted by molar-refractivity contribution is 5.41. The van der Waals surface area contributed by atoms with Gasteiger partial charge in [0, 0.05) is 25.8 Å². The van der Waals surface area contributed by atoms with Gasteiger partial charge in [0.05, 0.1) is 0 Å². The SMILES string of the molecule is CCNCc1ccc(N(C)CC(C)(C)C)nc1C. The third kappa shape index (κ3) is 4.65. The number of nitrogens with one attached hydrogen (secondary N) is 1. The van der Waals surface area contributed by atoms with Gasteiger partial charge >= 0.3 is 0 Å². The summed E-state index contributed by atoms with van der Waals surface area (Å²) in [4.78, 5) is 6.92. The van der Waals surface area contributed by atoms with Crippen molar-refractivity contribution in [3.63, 3.8) is 0 Å². The van der Waals surface area contributed by atoms with Crippen molar-refractivity contribution in [1.29, 1.82) is 0 Å². The predicted octanol–water partition coefficient (Wildman–Crippen LogP) is 2.98. The minimum Gasteiger partial charge on any atom is -0.359 e. The number of hydrogen-bond donors (Lipinski definition) is 1. The quantitative estimate of drug-likeness (QED) is 0.869. The zero-order chi connectivity index (χ0) is 13.8. The third-order valence-electron chi connectivity index (χ3n) is 2.85. The van der Waals surface area contributed by atoms with Gasteiger partial charge < -0.3 is 10.2 Å². The van der Waals surface area contributed by atoms with Crippen molar-refractivity contribution in [3.05, 3.63) is 23.4 Å². The van der Waals surface area contributed by atoms with E-state index in [1.807, 2.05) is 0 Å². The van der Waals surface area contributed by atoms with Crippen LogP contribution >= 0.6 is 0 Å². The van der Waals surface area contributed by atoms with Crippen molar-refractivity contribution in [3.8, 4) is 0 Å². The monoisotopic (exact) mass is 249 g/mol. The first-order valence-electron chi connectivity index (χ1n) is 6.72. The lowest BCUT2D eigenvalue weighted by molar-refractivity contribution is 0.417. The van der Waals surface area contributed by atoms with Crippen LogP contribution in [0.3, 0.4) is 0 Å². The van der Waals surface area contributed by atoms with E-state index in [4.69, 9.17) is 4.98 Å². The standard InChI is InChI=1S/C15H27N3/c1-7-16-10-13-8-9-14(17-12(13)2)18(6)11-15(3,4)5/h8-9,16H,7,10-11H2,1-6H3. The van der Waals surface area contributed by atoms with Crippen LogP contribution in [0.4, 0.5) is 5.82 Å². The van der Waals surface area contributed by atoms with E-state index >= 15 is 0 Å². The number of pyridine rings is 1. The molecule has 0 aliphatic rings. The van der Waals surface area contributed by atoms with Crippen LogP contribution in [0.25, 0.3) is 0 Å². The molecule has 1 aromatic rings. The summed E-state index contributed by atoms with van der Waals surface area (Å²) in [7, 11) is 2.11. The Kier molecular flexibility index (Phi) is 5.15. The molecule has 0 atom stereocenters. The number of aromatic nitrogens is 1. The van der Waals surface area contributed by atoms with Crippen molar-refractivity contribution >= 4 is 5.82 Å². The van der Waals surface area contributed by atoms with Crippen LogP contribution in [0, 0.1) is 12.3 Å². The van der Waals surface area contributed by atoms with E-state index in [-0.39, 0.29) is 5.41 Å². The molecule has 1 aromatic heterocycles. The summed E-state index contributed by atoms with van der Waals surface area (Å²) in [5.41, 5.74) is 2.69. The highest BCUT2D eigenvalue weighted by Gasteiger charge is 2.15. The van der Waals surface area contributed by atoms with Crippen molar-refractivity contribution in [1.82, 2.24) is 10.3 Å². The van der Waals surface area contributed by atoms with Crippen LogP contribution in [-0.2, 0) is 6.54 Å². The molecule has 3 heteroatoms. The van der Waals surface area contributed by atoms with E-state index < -0.39 is 0 Å². The Hall–Kier alpha value is -1.09. The van der Waals surface area contributed by atoms with Gasteiger partial charge in [0.2, 0.25) is 0 Å². The zero-order valence-corrected chi connectivity index (χ0v) is 12.7. The molecule has 1 rings (SSSR count). The fourth-order valence-corrected chi connectivity index (χ4v) is 2.03. The molecular formula is C15H27N3. The van der Waals surface area contributed by atoms with Crippen LogP contribution in [0.15, 0.2) is 12.1 Å². The predicted molar refractivity (Wildman–Crippen MR) is 79.1 cm³/mol. The van der Waals surface area contributed by atoms with Crippen molar-refractivity contribution in [2.75, 3.05) is 25.0 Å². The lowest BCUT2D eigenvalue weighted by Crippen LogP contribution is -2.30. The number of rotatable bonds is 5. The van der Waals surface area contributed by atoms with Crippen molar-refractivity contribution in [2.45, 2.75) is 41.2 Å². The molecule has 0 saturated carbocycles. The molecule has 18 heavy (non-hydrogen) atoms. The number of anilines is 1. The molecule has 3 nitrogen and oxygen atoms in total. The average molecular weight is 249 g/mol. The molecule has 1 heterocycles. The van der Waals surface area contributed by atoms with E-state index in [1.54, 1.807) is 0 Å². The van der Waals surface area contributed by atoms with E-state index in [0.717, 1.165) is 31.1 Å². The fourth-order valence-electron chi connectivity index (χ4n) is 2.03. The summed E-state index contributed by atoms with van der Waals surface area (Å²) in [6, 6.07) is 4.30. The molecule has 0 radical (unpaired) electrons. The number of hydrogen-bond acceptors (Lipinski definition) is 3. The summed E-state index contributed by atoms with van der Waals surface area (Å²) in [6.07, 6.45) is 0. The van der Waals surface area contributed by atoms with Crippen molar-refractivity contribution < 1.29 is 0 Å². The minimum atomic E-state index is 0.284. The van der Waals surface area contributed by atoms with Gasteiger partial charge in [-0.1, -0.05) is 33.8 Å². The molecular weight excluding hydrogens is 222 g/mol. The number of nitrogens with zero attached hydrogens (tertiary/aromatic N) is 2. The topological polar surface area (TPSA) is 28.2 Å². The Morgan fingerprint density at radius 1 is 1.28 bits per heavy atom. The van der Waals surface area contributed by atoms with Gasteiger partial charge in [0.1, 0.15) is 5.82 Å². The Balaban J connectivity index is 2.77. The largest absolute Gasteiger partial charge is 0.359 e. The highest BCUT2D eigenvalue weighted by Crippen LogP contribution is 2.19. The van der Waals surface area contributed by atoms with E-state index in [9.17, 15) is 0 Å². The van der Waals surface area contributed by atoms with Crippen molar-refractivity contribution in [2.24, 2.45) is 5.41 Å². The van der Waals surface area contributed by atoms with Gasteiger partial charge in [-0.15, -0.1) is 0 Å². The molecule has 0 amide bonds. The maximum Gasteiger partial charge on any atom is 0.128 e. The molecule has 102 valence electrons. The second-order valence-corrected chi connectivity index (χ2v) is 6.11. The Bertz CT molecular complexity index is 380. The molecule has 0 aromatic carbocycles. The third-order valence-corrected chi connectivity index (χ3v) is 2.85. The van der Waals surface area contributed by atoms with Gasteiger partial charge in [0.15, 0.2) is 0 Å². The van der Waals surface area contributed by atoms with Gasteiger partial charge in [-0.3, -0.25) is 0 Å². The van der Waals surface area contributed by atoms with Crippen LogP contribution < -0.4 is 10.2 Å². The fraction of sp³-hybridized carbons (Fsp3) is 0.667. The van der Waals surface area contributed by atoms with Crippen LogP contribution in [-0.4, -0.2) is 25.1 Å². The lowest BCUT2D eigenvalue weighted by Gasteiger charge is -2.27. The van der Waals surface area contributed by atoms with E-state index in [0.29, 0.717) is 0 Å². The summed E-state index contributed by atoms with van der Waals surface area (Å²) in [5.74, 6) is 1.06. The van der Waals surface area contributed by atoms with Gasteiger partial charge in [-0.05, 0) is 30.5 Å². The van der Waals surface area contributed by atoms with Crippen LogP contribution in [0.2, 0.25) is 0 Å². The second kappa shape index (κ2) is 6.19. The molecule has 0 bridgehead atoms. The highest BCUT2D eigenvalue weighted by atomic mass is 15.2. The summed E-state index contributed by atoms with van der Waals surface area (Å²) >= 11 is 0. The maximum atomic E-state index is 4.70. The average Bonchev–Trinajstić information content (AvgIpc) is 2.25. The first kappa shape index (κ1) is 15.0. The Labute approximate surface area is 112 Å². The van der Waals surface area contributed by atoms with Gasteiger partial charge in [-0.25, -0.2) is 4.98 Å². The summed E-state index contributed by atoms with van der Waals surface area (Å²) in [6.45, 7) is 13.8. The van der Waals surface area contributed by atoms with E-state index in [1.165, 1.54) is 5.56 Å². The lowest BCUT2D eigenvalue weighted by atomic mass is 9.96. The van der Waals surface area contributed by atoms with Gasteiger partial charge in [-0.2, -0.15) is 0 Å². The molecule has 0 fully saturated rings. The van der Waals surface area contributed by atoms with Gasteiger partial charge in [0.25, 0.3) is 0 Å². The number of aryl methyl sites for hydroxylation is 1. The van der Waals surface area contributed by atoms with Crippen LogP contribution in [0.5, 0.6) is 0 Å². The smallest absolute Gasteiger partial charge is 0.128 e. The minimum absolute atomic E-state index is 0.284. The molecule has 0 saturated heterocycles. The first-order valence-corrected chi connectivity index (χ1v) is 6.72. The summed E-state index contributed by atoms with van der Waals surface area (Å²) in [5, 5.41) is 3.34. The zero-order valence-electron chi connectivity index (χ0n) is 12.7. The molecule has 0 aliphatic carbocycles. The van der Waals surface area contributed by atoms with E-state index in [2.05, 4.69) is 64.0 Å². The Morgan fingerprint density at radius 3 is 2.44 bits per heavy atom. The normalized spacial score (nSPS) is 11.7. The molecule has 1 N–H and O–H groups in total.